The molecule has 0 bridgehead atoms. The SMILES string of the molecule is COc1ccc([C@@H](NC(=O)c2ccc3c(c2)C[C@H](C)N3S(C)(=O)=O)c2nccn2C)cc1. The molecule has 0 fully saturated rings. The maximum atomic E-state index is 13.2. The van der Waals surface area contributed by atoms with Gasteiger partial charge in [-0.05, 0) is 54.8 Å². The van der Waals surface area contributed by atoms with E-state index < -0.39 is 16.1 Å². The Kier molecular flexibility index (Phi) is 5.68. The summed E-state index contributed by atoms with van der Waals surface area (Å²) in [5.74, 6) is 1.16. The van der Waals surface area contributed by atoms with Crippen LogP contribution in [0.25, 0.3) is 0 Å². The van der Waals surface area contributed by atoms with Gasteiger partial charge in [0, 0.05) is 31.0 Å². The molecule has 2 aromatic carbocycles. The third-order valence-corrected chi connectivity index (χ3v) is 6.96. The Hall–Kier alpha value is -3.33. The van der Waals surface area contributed by atoms with Crippen LogP contribution in [0, 0.1) is 0 Å². The first-order valence-corrected chi connectivity index (χ1v) is 12.1. The number of aromatic nitrogens is 2. The Labute approximate surface area is 187 Å². The number of nitrogens with one attached hydrogen (secondary N) is 1. The van der Waals surface area contributed by atoms with Crippen LogP contribution in [0.5, 0.6) is 5.75 Å². The second kappa shape index (κ2) is 8.31. The summed E-state index contributed by atoms with van der Waals surface area (Å²) in [6.45, 7) is 1.86. The molecular weight excluding hydrogens is 428 g/mol. The topological polar surface area (TPSA) is 93.5 Å². The molecule has 0 saturated heterocycles. The quantitative estimate of drug-likeness (QED) is 0.618. The number of fused-ring (bicyclic) bond motifs is 1. The predicted octanol–water partition coefficient (Wildman–Crippen LogP) is 2.66. The van der Waals surface area contributed by atoms with Crippen LogP contribution in [-0.2, 0) is 23.5 Å². The third kappa shape index (κ3) is 4.08. The molecule has 1 aliphatic heterocycles. The molecule has 2 atom stereocenters. The Bertz CT molecular complexity index is 1250. The highest BCUT2D eigenvalue weighted by Gasteiger charge is 2.33. The molecule has 2 heterocycles. The molecule has 0 radical (unpaired) electrons. The maximum Gasteiger partial charge on any atom is 0.252 e. The van der Waals surface area contributed by atoms with Crippen molar-refractivity contribution >= 4 is 21.6 Å². The molecule has 8 nitrogen and oxygen atoms in total. The summed E-state index contributed by atoms with van der Waals surface area (Å²) in [5, 5.41) is 3.08. The van der Waals surface area contributed by atoms with E-state index in [2.05, 4.69) is 10.3 Å². The number of carbonyl (C=O) groups excluding carboxylic acids is 1. The zero-order valence-corrected chi connectivity index (χ0v) is 19.3. The van der Waals surface area contributed by atoms with Gasteiger partial charge in [-0.2, -0.15) is 0 Å². The molecule has 3 aromatic rings. The number of nitrogens with zero attached hydrogens (tertiary/aromatic N) is 3. The van der Waals surface area contributed by atoms with Gasteiger partial charge in [-0.1, -0.05) is 12.1 Å². The van der Waals surface area contributed by atoms with Crippen LogP contribution < -0.4 is 14.4 Å². The number of hydrogen-bond acceptors (Lipinski definition) is 5. The highest BCUT2D eigenvalue weighted by atomic mass is 32.2. The number of sulfonamides is 1. The van der Waals surface area contributed by atoms with E-state index in [4.69, 9.17) is 4.74 Å². The predicted molar refractivity (Wildman–Crippen MR) is 122 cm³/mol. The average Bonchev–Trinajstić information content (AvgIpc) is 3.33. The molecule has 1 amide bonds. The fourth-order valence-electron chi connectivity index (χ4n) is 4.21. The van der Waals surface area contributed by atoms with E-state index >= 15 is 0 Å². The maximum absolute atomic E-state index is 13.2. The van der Waals surface area contributed by atoms with Crippen molar-refractivity contribution in [1.29, 1.82) is 0 Å². The third-order valence-electron chi connectivity index (χ3n) is 5.69. The molecule has 4 rings (SSSR count). The van der Waals surface area contributed by atoms with Gasteiger partial charge in [0.2, 0.25) is 10.0 Å². The van der Waals surface area contributed by atoms with E-state index in [-0.39, 0.29) is 11.9 Å². The lowest BCUT2D eigenvalue weighted by Gasteiger charge is -2.22. The standard InChI is InChI=1S/C23H26N4O4S/c1-15-13-18-14-17(7-10-20(18)27(15)32(4,29)30)23(28)25-21(22-24-11-12-26(22)2)16-5-8-19(31-3)9-6-16/h5-12,14-15,21H,13H2,1-4H3,(H,25,28)/t15-,21+/m0/s1. The summed E-state index contributed by atoms with van der Waals surface area (Å²) in [6.07, 6.45) is 5.28. The van der Waals surface area contributed by atoms with Crippen molar-refractivity contribution in [3.05, 3.63) is 77.4 Å². The second-order valence-electron chi connectivity index (χ2n) is 8.03. The van der Waals surface area contributed by atoms with Gasteiger partial charge < -0.3 is 14.6 Å². The smallest absolute Gasteiger partial charge is 0.252 e. The molecule has 1 N–H and O–H groups in total. The van der Waals surface area contributed by atoms with Gasteiger partial charge in [0.1, 0.15) is 17.6 Å². The van der Waals surface area contributed by atoms with Crippen molar-refractivity contribution < 1.29 is 17.9 Å². The van der Waals surface area contributed by atoms with Crippen molar-refractivity contribution in [3.63, 3.8) is 0 Å². The van der Waals surface area contributed by atoms with E-state index in [0.29, 0.717) is 23.5 Å². The lowest BCUT2D eigenvalue weighted by Crippen LogP contribution is -2.34. The van der Waals surface area contributed by atoms with E-state index in [1.807, 2.05) is 49.0 Å². The zero-order chi connectivity index (χ0) is 23.0. The number of ether oxygens (including phenoxy) is 1. The lowest BCUT2D eigenvalue weighted by molar-refractivity contribution is 0.0941. The van der Waals surface area contributed by atoms with Gasteiger partial charge in [-0.25, -0.2) is 13.4 Å². The van der Waals surface area contributed by atoms with Gasteiger partial charge in [0.15, 0.2) is 0 Å². The van der Waals surface area contributed by atoms with Crippen LogP contribution in [0.2, 0.25) is 0 Å². The van der Waals surface area contributed by atoms with Crippen LogP contribution in [0.15, 0.2) is 54.9 Å². The monoisotopic (exact) mass is 454 g/mol. The minimum absolute atomic E-state index is 0.182. The number of aryl methyl sites for hydroxylation is 1. The molecule has 0 aliphatic carbocycles. The first kappa shape index (κ1) is 21.9. The van der Waals surface area contributed by atoms with E-state index in [1.54, 1.807) is 31.5 Å². The molecular formula is C23H26N4O4S. The van der Waals surface area contributed by atoms with Crippen molar-refractivity contribution in [1.82, 2.24) is 14.9 Å². The van der Waals surface area contributed by atoms with Crippen LogP contribution in [0.4, 0.5) is 5.69 Å². The van der Waals surface area contributed by atoms with Gasteiger partial charge >= 0.3 is 0 Å². The highest BCUT2D eigenvalue weighted by Crippen LogP contribution is 2.35. The summed E-state index contributed by atoms with van der Waals surface area (Å²) in [6, 6.07) is 12.0. The number of amides is 1. The normalized spacial score (nSPS) is 16.5. The molecule has 9 heteroatoms. The molecule has 0 unspecified atom stereocenters. The van der Waals surface area contributed by atoms with Crippen molar-refractivity contribution in [2.45, 2.75) is 25.4 Å². The van der Waals surface area contributed by atoms with Gasteiger partial charge in [0.25, 0.3) is 5.91 Å². The van der Waals surface area contributed by atoms with E-state index in [0.717, 1.165) is 16.9 Å². The largest absolute Gasteiger partial charge is 0.497 e. The first-order valence-electron chi connectivity index (χ1n) is 10.2. The summed E-state index contributed by atoms with van der Waals surface area (Å²) in [7, 11) is 0.0984. The minimum atomic E-state index is -3.38. The molecule has 1 aliphatic rings. The lowest BCUT2D eigenvalue weighted by atomic mass is 10.0. The second-order valence-corrected chi connectivity index (χ2v) is 9.89. The van der Waals surface area contributed by atoms with Crippen molar-refractivity contribution in [3.8, 4) is 5.75 Å². The fraction of sp³-hybridized carbons (Fsp3) is 0.304. The molecule has 1 aromatic heterocycles. The van der Waals surface area contributed by atoms with Gasteiger partial charge in [-0.15, -0.1) is 0 Å². The number of rotatable bonds is 6. The number of methoxy groups -OCH3 is 1. The molecule has 168 valence electrons. The van der Waals surface area contributed by atoms with Crippen molar-refractivity contribution in [2.75, 3.05) is 17.7 Å². The van der Waals surface area contributed by atoms with Crippen LogP contribution in [-0.4, -0.2) is 43.3 Å². The highest BCUT2D eigenvalue weighted by molar-refractivity contribution is 7.92. The number of anilines is 1. The van der Waals surface area contributed by atoms with Crippen LogP contribution >= 0.6 is 0 Å². The first-order chi connectivity index (χ1) is 15.2. The molecule has 0 saturated carbocycles. The molecule has 0 spiro atoms. The fourth-order valence-corrected chi connectivity index (χ4v) is 5.48. The average molecular weight is 455 g/mol. The number of carbonyl (C=O) groups is 1. The summed E-state index contributed by atoms with van der Waals surface area (Å²) in [4.78, 5) is 17.6. The number of benzene rings is 2. The van der Waals surface area contributed by atoms with Crippen LogP contribution in [0.1, 0.15) is 40.3 Å². The van der Waals surface area contributed by atoms with E-state index in [9.17, 15) is 13.2 Å². The Balaban J connectivity index is 1.65. The molecule has 32 heavy (non-hydrogen) atoms. The van der Waals surface area contributed by atoms with E-state index in [1.165, 1.54) is 10.6 Å². The van der Waals surface area contributed by atoms with Gasteiger partial charge in [-0.3, -0.25) is 9.10 Å². The van der Waals surface area contributed by atoms with Gasteiger partial charge in [0.05, 0.1) is 19.1 Å². The zero-order valence-electron chi connectivity index (χ0n) is 18.4. The number of hydrogen-bond donors (Lipinski definition) is 1. The summed E-state index contributed by atoms with van der Waals surface area (Å²) < 4.78 is 32.9. The Morgan fingerprint density at radius 1 is 1.22 bits per heavy atom. The van der Waals surface area contributed by atoms with Crippen molar-refractivity contribution in [2.24, 2.45) is 7.05 Å². The summed E-state index contributed by atoms with van der Waals surface area (Å²) in [5.41, 5.74) is 2.81. The Morgan fingerprint density at radius 2 is 1.94 bits per heavy atom. The minimum Gasteiger partial charge on any atom is -0.497 e. The Morgan fingerprint density at radius 3 is 2.53 bits per heavy atom. The summed E-state index contributed by atoms with van der Waals surface area (Å²) >= 11 is 0. The van der Waals surface area contributed by atoms with Crippen LogP contribution in [0.3, 0.4) is 0 Å². The number of imidazole rings is 1.